The smallest absolute Gasteiger partial charge is 0.321 e. The van der Waals surface area contributed by atoms with Crippen LogP contribution < -0.4 is 0 Å². The first kappa shape index (κ1) is 14.5. The van der Waals surface area contributed by atoms with E-state index in [1.165, 1.54) is 5.56 Å². The molecule has 1 saturated heterocycles. The van der Waals surface area contributed by atoms with Gasteiger partial charge in [-0.25, -0.2) is 0 Å². The maximum atomic E-state index is 10.8. The van der Waals surface area contributed by atoms with Gasteiger partial charge in [-0.05, 0) is 37.4 Å². The third-order valence-corrected chi connectivity index (χ3v) is 3.99. The minimum Gasteiger partial charge on any atom is -0.321 e. The highest BCUT2D eigenvalue weighted by atomic mass is 31.2. The lowest BCUT2D eigenvalue weighted by Gasteiger charge is -2.30. The van der Waals surface area contributed by atoms with Gasteiger partial charge in [0.25, 0.3) is 0 Å². The quantitative estimate of drug-likeness (QED) is 0.833. The van der Waals surface area contributed by atoms with Gasteiger partial charge in [0.05, 0.1) is 0 Å². The third kappa shape index (κ3) is 5.29. The molecule has 2 rings (SSSR count). The summed E-state index contributed by atoms with van der Waals surface area (Å²) in [5.41, 5.74) is 1.31. The molecule has 1 aliphatic heterocycles. The number of piperidine rings is 1. The highest BCUT2D eigenvalue weighted by Gasteiger charge is 2.18. The number of nitrogens with zero attached hydrogens (tertiary/aromatic N) is 1. The topological polar surface area (TPSA) is 60.8 Å². The van der Waals surface area contributed by atoms with Crippen molar-refractivity contribution in [3.05, 3.63) is 47.8 Å². The Hall–Kier alpha value is -0.930. The van der Waals surface area contributed by atoms with Crippen LogP contribution in [0.4, 0.5) is 0 Å². The highest BCUT2D eigenvalue weighted by molar-refractivity contribution is 7.55. The lowest BCUT2D eigenvalue weighted by atomic mass is 9.97. The summed E-state index contributed by atoms with van der Waals surface area (Å²) in [7, 11) is -4.00. The predicted molar refractivity (Wildman–Crippen MR) is 75.6 cm³/mol. The monoisotopic (exact) mass is 281 g/mol. The van der Waals surface area contributed by atoms with E-state index < -0.39 is 7.60 Å². The molecule has 0 amide bonds. The number of hydrogen-bond donors (Lipinski definition) is 2. The van der Waals surface area contributed by atoms with Crippen LogP contribution in [-0.2, 0) is 11.1 Å². The maximum Gasteiger partial charge on any atom is 0.348 e. The van der Waals surface area contributed by atoms with Crippen LogP contribution in [0, 0.1) is 5.92 Å². The summed E-state index contributed by atoms with van der Waals surface area (Å²) < 4.78 is 10.8. The largest absolute Gasteiger partial charge is 0.348 e. The van der Waals surface area contributed by atoms with Crippen LogP contribution in [0.15, 0.2) is 42.2 Å². The molecule has 0 atom stereocenters. The molecular formula is C14H20NO3P. The van der Waals surface area contributed by atoms with Gasteiger partial charge in [-0.15, -0.1) is 0 Å². The Morgan fingerprint density at radius 3 is 2.42 bits per heavy atom. The number of likely N-dealkylation sites (tertiary alicyclic amines) is 1. The Balaban J connectivity index is 1.80. The standard InChI is InChI=1S/C14H20NO3P/c16-19(17,18)11-8-13-6-9-15(10-7-13)12-14-4-2-1-3-5-14/h1-5,8,11,13H,6-7,9-10,12H2,(H2,16,17,18)/b11-8+. The maximum absolute atomic E-state index is 10.8. The van der Waals surface area contributed by atoms with Gasteiger partial charge in [0.15, 0.2) is 0 Å². The van der Waals surface area contributed by atoms with Gasteiger partial charge < -0.3 is 9.79 Å². The second-order valence-corrected chi connectivity index (χ2v) is 6.51. The molecule has 0 saturated carbocycles. The molecular weight excluding hydrogens is 261 g/mol. The first-order valence-electron chi connectivity index (χ1n) is 6.54. The van der Waals surface area contributed by atoms with Crippen molar-refractivity contribution >= 4 is 7.60 Å². The van der Waals surface area contributed by atoms with Crippen molar-refractivity contribution in [2.24, 2.45) is 5.92 Å². The SMILES string of the molecule is O=P(O)(O)/C=C/C1CCN(Cc2ccccc2)CC1. The molecule has 4 nitrogen and oxygen atoms in total. The zero-order chi connectivity index (χ0) is 13.7. The molecule has 1 heterocycles. The van der Waals surface area contributed by atoms with Crippen molar-refractivity contribution < 1.29 is 14.4 Å². The Morgan fingerprint density at radius 2 is 1.84 bits per heavy atom. The minimum absolute atomic E-state index is 0.291. The number of benzene rings is 1. The minimum atomic E-state index is -4.00. The Bertz CT molecular complexity index is 461. The van der Waals surface area contributed by atoms with Crippen molar-refractivity contribution in [1.29, 1.82) is 0 Å². The first-order chi connectivity index (χ1) is 9.03. The summed E-state index contributed by atoms with van der Waals surface area (Å²) >= 11 is 0. The normalized spacial score (nSPS) is 19.1. The van der Waals surface area contributed by atoms with E-state index in [-0.39, 0.29) is 0 Å². The molecule has 5 heteroatoms. The van der Waals surface area contributed by atoms with Crippen molar-refractivity contribution in [1.82, 2.24) is 4.90 Å². The molecule has 1 aliphatic rings. The van der Waals surface area contributed by atoms with Gasteiger partial charge in [0, 0.05) is 12.4 Å². The Kier molecular flexibility index (Phi) is 4.94. The zero-order valence-corrected chi connectivity index (χ0v) is 11.7. The van der Waals surface area contributed by atoms with Crippen LogP contribution in [-0.4, -0.2) is 27.8 Å². The average Bonchev–Trinajstić information content (AvgIpc) is 2.38. The number of allylic oxidation sites excluding steroid dienone is 1. The average molecular weight is 281 g/mol. The van der Waals surface area contributed by atoms with Crippen LogP contribution in [0.3, 0.4) is 0 Å². The van der Waals surface area contributed by atoms with Crippen molar-refractivity contribution in [2.75, 3.05) is 13.1 Å². The summed E-state index contributed by atoms with van der Waals surface area (Å²) in [5.74, 6) is 1.34. The molecule has 0 spiro atoms. The highest BCUT2D eigenvalue weighted by Crippen LogP contribution is 2.37. The second-order valence-electron chi connectivity index (χ2n) is 5.03. The van der Waals surface area contributed by atoms with Crippen molar-refractivity contribution in [3.8, 4) is 0 Å². The van der Waals surface area contributed by atoms with E-state index in [4.69, 9.17) is 9.79 Å². The van der Waals surface area contributed by atoms with Crippen LogP contribution in [0.5, 0.6) is 0 Å². The zero-order valence-electron chi connectivity index (χ0n) is 10.9. The van der Waals surface area contributed by atoms with Gasteiger partial charge in [-0.2, -0.15) is 0 Å². The first-order valence-corrected chi connectivity index (χ1v) is 8.22. The molecule has 0 radical (unpaired) electrons. The van der Waals surface area contributed by atoms with E-state index in [9.17, 15) is 4.57 Å². The fourth-order valence-electron chi connectivity index (χ4n) is 2.38. The predicted octanol–water partition coefficient (Wildman–Crippen LogP) is 2.59. The number of hydrogen-bond acceptors (Lipinski definition) is 2. The van der Waals surface area contributed by atoms with E-state index in [1.54, 1.807) is 6.08 Å². The molecule has 0 bridgehead atoms. The van der Waals surface area contributed by atoms with E-state index in [0.717, 1.165) is 38.3 Å². The summed E-state index contributed by atoms with van der Waals surface area (Å²) in [6, 6.07) is 10.4. The molecule has 2 N–H and O–H groups in total. The van der Waals surface area contributed by atoms with Gasteiger partial charge in [-0.1, -0.05) is 36.4 Å². The van der Waals surface area contributed by atoms with Gasteiger partial charge in [0.2, 0.25) is 0 Å². The third-order valence-electron chi connectivity index (χ3n) is 3.43. The summed E-state index contributed by atoms with van der Waals surface area (Å²) in [5, 5.41) is 0. The Morgan fingerprint density at radius 1 is 1.21 bits per heavy atom. The van der Waals surface area contributed by atoms with Crippen LogP contribution >= 0.6 is 7.60 Å². The molecule has 1 aromatic rings. The molecule has 19 heavy (non-hydrogen) atoms. The molecule has 0 unspecified atom stereocenters. The van der Waals surface area contributed by atoms with Crippen LogP contribution in [0.1, 0.15) is 18.4 Å². The van der Waals surface area contributed by atoms with Crippen molar-refractivity contribution in [3.63, 3.8) is 0 Å². The number of rotatable bonds is 4. The van der Waals surface area contributed by atoms with Crippen LogP contribution in [0.2, 0.25) is 0 Å². The van der Waals surface area contributed by atoms with E-state index >= 15 is 0 Å². The van der Waals surface area contributed by atoms with E-state index in [1.807, 2.05) is 18.2 Å². The molecule has 0 aromatic heterocycles. The van der Waals surface area contributed by atoms with Crippen molar-refractivity contribution in [2.45, 2.75) is 19.4 Å². The van der Waals surface area contributed by atoms with Gasteiger partial charge >= 0.3 is 7.60 Å². The summed E-state index contributed by atoms with van der Waals surface area (Å²) in [4.78, 5) is 20.0. The molecule has 1 fully saturated rings. The lowest BCUT2D eigenvalue weighted by Crippen LogP contribution is -2.32. The van der Waals surface area contributed by atoms with E-state index in [0.29, 0.717) is 5.92 Å². The summed E-state index contributed by atoms with van der Waals surface area (Å²) in [6.45, 7) is 2.91. The summed E-state index contributed by atoms with van der Waals surface area (Å²) in [6.07, 6.45) is 3.60. The van der Waals surface area contributed by atoms with Gasteiger partial charge in [0.1, 0.15) is 0 Å². The van der Waals surface area contributed by atoms with Crippen LogP contribution in [0.25, 0.3) is 0 Å². The molecule has 1 aromatic carbocycles. The van der Waals surface area contributed by atoms with E-state index in [2.05, 4.69) is 17.0 Å². The fraction of sp³-hybridized carbons (Fsp3) is 0.429. The molecule has 104 valence electrons. The van der Waals surface area contributed by atoms with Gasteiger partial charge in [-0.3, -0.25) is 9.46 Å². The lowest BCUT2D eigenvalue weighted by molar-refractivity contribution is 0.195. The Labute approximate surface area is 113 Å². The molecule has 0 aliphatic carbocycles. The second kappa shape index (κ2) is 6.49. The fourth-order valence-corrected chi connectivity index (χ4v) is 2.85.